The van der Waals surface area contributed by atoms with E-state index in [9.17, 15) is 18.8 Å². The summed E-state index contributed by atoms with van der Waals surface area (Å²) in [5.41, 5.74) is 1.68. The van der Waals surface area contributed by atoms with Gasteiger partial charge in [0, 0.05) is 42.5 Å². The van der Waals surface area contributed by atoms with E-state index < -0.39 is 17.6 Å². The Hall–Kier alpha value is -2.93. The highest BCUT2D eigenvalue weighted by atomic mass is 35.5. The summed E-state index contributed by atoms with van der Waals surface area (Å²) < 4.78 is 13.5. The van der Waals surface area contributed by atoms with E-state index in [0.29, 0.717) is 29.8 Å². The fraction of sp³-hybridized carbons (Fsp3) is 0.348. The van der Waals surface area contributed by atoms with Gasteiger partial charge in [-0.3, -0.25) is 14.4 Å². The standard InChI is InChI=1S/C23H23ClFN3O3/c24-17-10-15(11-18(25)13-17)14-26-21(29)20-6-9-28(23(20)31)19-5-3-4-16(12-19)22(30)27-7-1-2-8-27/h3-5,10-13,20H,1-2,6-9,14H2,(H,26,29). The van der Waals surface area contributed by atoms with Crippen LogP contribution in [0.25, 0.3) is 0 Å². The van der Waals surface area contributed by atoms with Gasteiger partial charge in [0.25, 0.3) is 5.91 Å². The van der Waals surface area contributed by atoms with Gasteiger partial charge < -0.3 is 15.1 Å². The molecule has 0 radical (unpaired) electrons. The van der Waals surface area contributed by atoms with Gasteiger partial charge in [0.05, 0.1) is 0 Å². The van der Waals surface area contributed by atoms with Crippen LogP contribution in [0.2, 0.25) is 5.02 Å². The van der Waals surface area contributed by atoms with E-state index in [0.717, 1.165) is 25.9 Å². The Morgan fingerprint density at radius 1 is 1.10 bits per heavy atom. The lowest BCUT2D eigenvalue weighted by molar-refractivity contribution is -0.132. The molecule has 0 aromatic heterocycles. The predicted molar refractivity (Wildman–Crippen MR) is 115 cm³/mol. The van der Waals surface area contributed by atoms with E-state index in [4.69, 9.17) is 11.6 Å². The Balaban J connectivity index is 1.41. The van der Waals surface area contributed by atoms with Gasteiger partial charge in [0.1, 0.15) is 11.7 Å². The molecule has 6 nitrogen and oxygen atoms in total. The quantitative estimate of drug-likeness (QED) is 0.720. The molecule has 162 valence electrons. The summed E-state index contributed by atoms with van der Waals surface area (Å²) in [5, 5.41) is 2.94. The summed E-state index contributed by atoms with van der Waals surface area (Å²) in [4.78, 5) is 41.5. The van der Waals surface area contributed by atoms with Crippen LogP contribution < -0.4 is 10.2 Å². The molecular formula is C23H23ClFN3O3. The molecule has 2 aromatic rings. The van der Waals surface area contributed by atoms with E-state index in [2.05, 4.69) is 5.32 Å². The van der Waals surface area contributed by atoms with Gasteiger partial charge in [0.2, 0.25) is 11.8 Å². The molecule has 0 saturated carbocycles. The van der Waals surface area contributed by atoms with Crippen LogP contribution in [0.5, 0.6) is 0 Å². The molecule has 2 saturated heterocycles. The summed E-state index contributed by atoms with van der Waals surface area (Å²) in [6.45, 7) is 1.99. The highest BCUT2D eigenvalue weighted by molar-refractivity contribution is 6.30. The topological polar surface area (TPSA) is 69.7 Å². The lowest BCUT2D eigenvalue weighted by atomic mass is 10.1. The molecule has 0 spiro atoms. The number of rotatable bonds is 5. The number of hydrogen-bond donors (Lipinski definition) is 1. The summed E-state index contributed by atoms with van der Waals surface area (Å²) in [5.74, 6) is -2.04. The highest BCUT2D eigenvalue weighted by Crippen LogP contribution is 2.27. The molecule has 1 N–H and O–H groups in total. The van der Waals surface area contributed by atoms with Crippen molar-refractivity contribution in [2.24, 2.45) is 5.92 Å². The zero-order valence-corrected chi connectivity index (χ0v) is 17.7. The zero-order valence-electron chi connectivity index (χ0n) is 16.9. The monoisotopic (exact) mass is 443 g/mol. The summed E-state index contributed by atoms with van der Waals surface area (Å²) in [6, 6.07) is 11.0. The number of nitrogens with one attached hydrogen (secondary N) is 1. The fourth-order valence-electron chi connectivity index (χ4n) is 4.11. The minimum Gasteiger partial charge on any atom is -0.351 e. The number of nitrogens with zero attached hydrogens (tertiary/aromatic N) is 2. The van der Waals surface area contributed by atoms with Gasteiger partial charge in [-0.05, 0) is 61.2 Å². The summed E-state index contributed by atoms with van der Waals surface area (Å²) in [6.07, 6.45) is 2.39. The highest BCUT2D eigenvalue weighted by Gasteiger charge is 2.37. The predicted octanol–water partition coefficient (Wildman–Crippen LogP) is 3.38. The number of amides is 3. The number of benzene rings is 2. The van der Waals surface area contributed by atoms with Gasteiger partial charge in [-0.2, -0.15) is 0 Å². The van der Waals surface area contributed by atoms with Crippen molar-refractivity contribution in [3.8, 4) is 0 Å². The van der Waals surface area contributed by atoms with Gasteiger partial charge in [-0.15, -0.1) is 0 Å². The second-order valence-electron chi connectivity index (χ2n) is 7.88. The number of halogens is 2. The smallest absolute Gasteiger partial charge is 0.253 e. The van der Waals surface area contributed by atoms with Gasteiger partial charge in [0.15, 0.2) is 0 Å². The van der Waals surface area contributed by atoms with Crippen molar-refractivity contribution in [1.82, 2.24) is 10.2 Å². The van der Waals surface area contributed by atoms with Gasteiger partial charge in [-0.25, -0.2) is 4.39 Å². The largest absolute Gasteiger partial charge is 0.351 e. The molecule has 1 unspecified atom stereocenters. The first-order chi connectivity index (χ1) is 14.9. The molecule has 2 fully saturated rings. The molecule has 0 aliphatic carbocycles. The van der Waals surface area contributed by atoms with E-state index in [-0.39, 0.29) is 23.4 Å². The normalized spacial score (nSPS) is 18.5. The summed E-state index contributed by atoms with van der Waals surface area (Å²) >= 11 is 5.84. The molecule has 4 rings (SSSR count). The first-order valence-electron chi connectivity index (χ1n) is 10.4. The number of carbonyl (C=O) groups is 3. The Labute approximate surface area is 185 Å². The second-order valence-corrected chi connectivity index (χ2v) is 8.31. The van der Waals surface area contributed by atoms with E-state index in [1.165, 1.54) is 12.1 Å². The SMILES string of the molecule is O=C(NCc1cc(F)cc(Cl)c1)C1CCN(c2cccc(C(=O)N3CCCC3)c2)C1=O. The molecule has 2 heterocycles. The third-order valence-electron chi connectivity index (χ3n) is 5.71. The third kappa shape index (κ3) is 4.71. The van der Waals surface area contributed by atoms with Crippen LogP contribution in [-0.4, -0.2) is 42.3 Å². The Morgan fingerprint density at radius 2 is 1.87 bits per heavy atom. The van der Waals surface area contributed by atoms with Gasteiger partial charge >= 0.3 is 0 Å². The molecule has 2 aromatic carbocycles. The second kappa shape index (κ2) is 9.06. The average molecular weight is 444 g/mol. The van der Waals surface area contributed by atoms with Crippen LogP contribution >= 0.6 is 11.6 Å². The molecule has 3 amide bonds. The molecule has 31 heavy (non-hydrogen) atoms. The van der Waals surface area contributed by atoms with Gasteiger partial charge in [-0.1, -0.05) is 17.7 Å². The molecule has 2 aliphatic rings. The van der Waals surface area contributed by atoms with Crippen LogP contribution in [0.4, 0.5) is 10.1 Å². The van der Waals surface area contributed by atoms with Crippen LogP contribution in [0.3, 0.4) is 0 Å². The molecular weight excluding hydrogens is 421 g/mol. The van der Waals surface area contributed by atoms with E-state index in [1.54, 1.807) is 35.2 Å². The van der Waals surface area contributed by atoms with Crippen molar-refractivity contribution in [3.63, 3.8) is 0 Å². The minimum atomic E-state index is -0.818. The van der Waals surface area contributed by atoms with Crippen molar-refractivity contribution < 1.29 is 18.8 Å². The Bertz CT molecular complexity index is 1000. The summed E-state index contributed by atoms with van der Waals surface area (Å²) in [7, 11) is 0. The van der Waals surface area contributed by atoms with Crippen molar-refractivity contribution >= 4 is 35.0 Å². The zero-order chi connectivity index (χ0) is 22.0. The number of hydrogen-bond acceptors (Lipinski definition) is 3. The minimum absolute atomic E-state index is 0.0333. The van der Waals surface area contributed by atoms with Crippen molar-refractivity contribution in [2.75, 3.05) is 24.5 Å². The maximum atomic E-state index is 13.5. The maximum Gasteiger partial charge on any atom is 0.253 e. The van der Waals surface area contributed by atoms with Crippen LogP contribution in [0.15, 0.2) is 42.5 Å². The number of likely N-dealkylation sites (tertiary alicyclic amines) is 1. The van der Waals surface area contributed by atoms with Crippen molar-refractivity contribution in [1.29, 1.82) is 0 Å². The Morgan fingerprint density at radius 3 is 2.61 bits per heavy atom. The van der Waals surface area contributed by atoms with E-state index >= 15 is 0 Å². The molecule has 1 atom stereocenters. The first-order valence-corrected chi connectivity index (χ1v) is 10.7. The first kappa shape index (κ1) is 21.3. The molecule has 8 heteroatoms. The number of carbonyl (C=O) groups excluding carboxylic acids is 3. The Kier molecular flexibility index (Phi) is 6.23. The lowest BCUT2D eigenvalue weighted by Crippen LogP contribution is -2.36. The third-order valence-corrected chi connectivity index (χ3v) is 5.93. The maximum absolute atomic E-state index is 13.5. The van der Waals surface area contributed by atoms with Crippen LogP contribution in [0.1, 0.15) is 35.2 Å². The molecule has 2 aliphatic heterocycles. The van der Waals surface area contributed by atoms with Crippen LogP contribution in [-0.2, 0) is 16.1 Å². The average Bonchev–Trinajstić information content (AvgIpc) is 3.41. The fourth-order valence-corrected chi connectivity index (χ4v) is 4.36. The number of anilines is 1. The van der Waals surface area contributed by atoms with Crippen LogP contribution in [0, 0.1) is 11.7 Å². The van der Waals surface area contributed by atoms with E-state index in [1.807, 2.05) is 4.90 Å². The lowest BCUT2D eigenvalue weighted by Gasteiger charge is -2.19. The van der Waals surface area contributed by atoms with Crippen molar-refractivity contribution in [2.45, 2.75) is 25.8 Å². The molecule has 0 bridgehead atoms. The van der Waals surface area contributed by atoms with Crippen molar-refractivity contribution in [3.05, 3.63) is 64.4 Å².